The van der Waals surface area contributed by atoms with Gasteiger partial charge in [-0.15, -0.1) is 11.8 Å². The van der Waals surface area contributed by atoms with Crippen molar-refractivity contribution in [1.29, 1.82) is 5.26 Å². The Labute approximate surface area is 144 Å². The van der Waals surface area contributed by atoms with Crippen molar-refractivity contribution in [2.75, 3.05) is 11.4 Å². The Morgan fingerprint density at radius 1 is 1.50 bits per heavy atom. The maximum atomic E-state index is 13.2. The number of benzene rings is 1. The third-order valence-corrected chi connectivity index (χ3v) is 5.34. The van der Waals surface area contributed by atoms with E-state index in [2.05, 4.69) is 5.10 Å². The van der Waals surface area contributed by atoms with Crippen molar-refractivity contribution >= 4 is 23.4 Å². The van der Waals surface area contributed by atoms with Gasteiger partial charge in [0.05, 0.1) is 28.8 Å². The summed E-state index contributed by atoms with van der Waals surface area (Å²) in [4.78, 5) is 14.5. The predicted octanol–water partition coefficient (Wildman–Crippen LogP) is 2.86. The topological polar surface area (TPSA) is 61.9 Å². The predicted molar refractivity (Wildman–Crippen MR) is 91.0 cm³/mol. The van der Waals surface area contributed by atoms with E-state index in [1.54, 1.807) is 21.8 Å². The molecular formula is C17H17FN4OS. The van der Waals surface area contributed by atoms with Crippen LogP contribution in [0.5, 0.6) is 0 Å². The fourth-order valence-electron chi connectivity index (χ4n) is 2.77. The second-order valence-corrected chi connectivity index (χ2v) is 6.91. The molecule has 124 valence electrons. The number of thioether (sulfide) groups is 1. The molecule has 5 nitrogen and oxygen atoms in total. The van der Waals surface area contributed by atoms with Crippen LogP contribution in [0.4, 0.5) is 10.1 Å². The fraction of sp³-hybridized carbons (Fsp3) is 0.353. The molecule has 1 fully saturated rings. The van der Waals surface area contributed by atoms with E-state index < -0.39 is 5.82 Å². The van der Waals surface area contributed by atoms with Gasteiger partial charge in [-0.05, 0) is 30.5 Å². The molecule has 1 aromatic carbocycles. The quantitative estimate of drug-likeness (QED) is 0.856. The number of hydrogen-bond acceptors (Lipinski definition) is 4. The first-order valence-corrected chi connectivity index (χ1v) is 8.73. The summed E-state index contributed by atoms with van der Waals surface area (Å²) in [7, 11) is 1.82. The van der Waals surface area contributed by atoms with Crippen LogP contribution in [0.25, 0.3) is 0 Å². The molecule has 1 aromatic heterocycles. The van der Waals surface area contributed by atoms with Crippen LogP contribution in [0.2, 0.25) is 0 Å². The van der Waals surface area contributed by atoms with E-state index in [0.29, 0.717) is 17.9 Å². The maximum Gasteiger partial charge on any atom is 0.240 e. The Morgan fingerprint density at radius 2 is 2.33 bits per heavy atom. The zero-order chi connectivity index (χ0) is 17.1. The van der Waals surface area contributed by atoms with E-state index in [9.17, 15) is 9.18 Å². The highest BCUT2D eigenvalue weighted by Gasteiger charge is 2.30. The van der Waals surface area contributed by atoms with Crippen molar-refractivity contribution in [2.24, 2.45) is 7.05 Å². The van der Waals surface area contributed by atoms with Crippen molar-refractivity contribution in [1.82, 2.24) is 9.78 Å². The van der Waals surface area contributed by atoms with Crippen molar-refractivity contribution in [3.63, 3.8) is 0 Å². The molecule has 1 aliphatic rings. The Bertz CT molecular complexity index is 798. The first-order valence-electron chi connectivity index (χ1n) is 7.68. The van der Waals surface area contributed by atoms with Gasteiger partial charge in [-0.3, -0.25) is 9.48 Å². The van der Waals surface area contributed by atoms with Crippen LogP contribution in [0.1, 0.15) is 24.0 Å². The third kappa shape index (κ3) is 3.44. The standard InChI is InChI=1S/C17H17FN4OS/c1-21-10-15(9-20-21)22-6-2-3-16(17(22)23)24-11-12-4-5-14(18)7-13(12)8-19/h4-5,7,9-10,16H,2-3,6,11H2,1H3. The lowest BCUT2D eigenvalue weighted by atomic mass is 10.1. The van der Waals surface area contributed by atoms with E-state index >= 15 is 0 Å². The monoisotopic (exact) mass is 344 g/mol. The number of carbonyl (C=O) groups excluding carboxylic acids is 1. The molecule has 1 unspecified atom stereocenters. The highest BCUT2D eigenvalue weighted by atomic mass is 32.2. The van der Waals surface area contributed by atoms with Crippen molar-refractivity contribution in [2.45, 2.75) is 23.8 Å². The van der Waals surface area contributed by atoms with Gasteiger partial charge in [-0.1, -0.05) is 6.07 Å². The summed E-state index contributed by atoms with van der Waals surface area (Å²) >= 11 is 1.51. The summed E-state index contributed by atoms with van der Waals surface area (Å²) in [5.74, 6) is 0.164. The molecule has 1 aliphatic heterocycles. The van der Waals surface area contributed by atoms with Crippen molar-refractivity contribution in [3.05, 3.63) is 47.5 Å². The summed E-state index contributed by atoms with van der Waals surface area (Å²) in [6.07, 6.45) is 5.26. The van der Waals surface area contributed by atoms with Gasteiger partial charge < -0.3 is 4.90 Å². The average molecular weight is 344 g/mol. The Hall–Kier alpha value is -2.33. The van der Waals surface area contributed by atoms with Crippen LogP contribution >= 0.6 is 11.8 Å². The van der Waals surface area contributed by atoms with Gasteiger partial charge in [0.15, 0.2) is 0 Å². The number of anilines is 1. The average Bonchev–Trinajstić information content (AvgIpc) is 3.01. The van der Waals surface area contributed by atoms with Crippen molar-refractivity contribution < 1.29 is 9.18 Å². The molecule has 1 amide bonds. The molecule has 1 atom stereocenters. The molecular weight excluding hydrogens is 327 g/mol. The van der Waals surface area contributed by atoms with Crippen molar-refractivity contribution in [3.8, 4) is 6.07 Å². The zero-order valence-corrected chi connectivity index (χ0v) is 14.1. The van der Waals surface area contributed by atoms with Crippen LogP contribution < -0.4 is 4.90 Å². The second kappa shape index (κ2) is 7.05. The molecule has 7 heteroatoms. The number of aryl methyl sites for hydroxylation is 1. The minimum absolute atomic E-state index is 0.0693. The van der Waals surface area contributed by atoms with Gasteiger partial charge in [-0.2, -0.15) is 10.4 Å². The van der Waals surface area contributed by atoms with E-state index in [0.717, 1.165) is 24.1 Å². The molecule has 2 heterocycles. The smallest absolute Gasteiger partial charge is 0.240 e. The van der Waals surface area contributed by atoms with Gasteiger partial charge in [0.2, 0.25) is 5.91 Å². The van der Waals surface area contributed by atoms with E-state index in [1.165, 1.54) is 23.9 Å². The minimum atomic E-state index is -0.420. The van der Waals surface area contributed by atoms with Crippen LogP contribution in [-0.2, 0) is 17.6 Å². The SMILES string of the molecule is Cn1cc(N2CCCC(SCc3ccc(F)cc3C#N)C2=O)cn1. The van der Waals surface area contributed by atoms with Gasteiger partial charge in [0, 0.05) is 25.5 Å². The Balaban J connectivity index is 1.69. The first-order chi connectivity index (χ1) is 11.6. The lowest BCUT2D eigenvalue weighted by Crippen LogP contribution is -2.42. The maximum absolute atomic E-state index is 13.2. The zero-order valence-electron chi connectivity index (χ0n) is 13.3. The molecule has 24 heavy (non-hydrogen) atoms. The van der Waals surface area contributed by atoms with Crippen LogP contribution in [0.15, 0.2) is 30.6 Å². The molecule has 0 bridgehead atoms. The summed E-state index contributed by atoms with van der Waals surface area (Å²) in [6, 6.07) is 6.22. The highest BCUT2D eigenvalue weighted by Crippen LogP contribution is 2.30. The fourth-order valence-corrected chi connectivity index (χ4v) is 4.01. The summed E-state index contributed by atoms with van der Waals surface area (Å²) in [5.41, 5.74) is 1.90. The summed E-state index contributed by atoms with van der Waals surface area (Å²) < 4.78 is 14.9. The number of nitriles is 1. The number of amides is 1. The molecule has 3 rings (SSSR count). The molecule has 0 N–H and O–H groups in total. The third-order valence-electron chi connectivity index (χ3n) is 4.02. The van der Waals surface area contributed by atoms with Gasteiger partial charge in [0.1, 0.15) is 5.82 Å². The number of rotatable bonds is 4. The van der Waals surface area contributed by atoms with E-state index in [1.807, 2.05) is 19.3 Å². The van der Waals surface area contributed by atoms with Gasteiger partial charge in [0.25, 0.3) is 0 Å². The lowest BCUT2D eigenvalue weighted by molar-refractivity contribution is -0.119. The largest absolute Gasteiger partial charge is 0.309 e. The molecule has 0 aliphatic carbocycles. The van der Waals surface area contributed by atoms with Gasteiger partial charge in [-0.25, -0.2) is 4.39 Å². The second-order valence-electron chi connectivity index (χ2n) is 5.72. The Kier molecular flexibility index (Phi) is 4.86. The minimum Gasteiger partial charge on any atom is -0.309 e. The number of nitrogens with zero attached hydrogens (tertiary/aromatic N) is 4. The van der Waals surface area contributed by atoms with Crippen LogP contribution in [-0.4, -0.2) is 27.5 Å². The number of halogens is 1. The van der Waals surface area contributed by atoms with E-state index in [4.69, 9.17) is 5.26 Å². The molecule has 1 saturated heterocycles. The molecule has 0 radical (unpaired) electrons. The van der Waals surface area contributed by atoms with Crippen LogP contribution in [0.3, 0.4) is 0 Å². The number of hydrogen-bond donors (Lipinski definition) is 0. The summed E-state index contributed by atoms with van der Waals surface area (Å²) in [5, 5.41) is 13.1. The first kappa shape index (κ1) is 16.5. The lowest BCUT2D eigenvalue weighted by Gasteiger charge is -2.31. The summed E-state index contributed by atoms with van der Waals surface area (Å²) in [6.45, 7) is 0.696. The van der Waals surface area contributed by atoms with Gasteiger partial charge >= 0.3 is 0 Å². The van der Waals surface area contributed by atoms with Crippen LogP contribution in [0, 0.1) is 17.1 Å². The highest BCUT2D eigenvalue weighted by molar-refractivity contribution is 7.99. The molecule has 0 spiro atoms. The number of aromatic nitrogens is 2. The van der Waals surface area contributed by atoms with E-state index in [-0.39, 0.29) is 11.2 Å². The number of carbonyl (C=O) groups is 1. The molecule has 0 saturated carbocycles. The normalized spacial score (nSPS) is 17.8. The molecule has 2 aromatic rings. The number of piperidine rings is 1. The Morgan fingerprint density at radius 3 is 3.04 bits per heavy atom.